The number of benzene rings is 2. The number of nitrogens with zero attached hydrogens (tertiary/aromatic N) is 4. The number of aromatic nitrogens is 2. The summed E-state index contributed by atoms with van der Waals surface area (Å²) in [4.78, 5) is 24.4. The Morgan fingerprint density at radius 3 is 2.70 bits per heavy atom. The van der Waals surface area contributed by atoms with Crippen molar-refractivity contribution in [2.24, 2.45) is 4.99 Å². The third kappa shape index (κ3) is 2.61. The molecule has 6 nitrogen and oxygen atoms in total. The Balaban J connectivity index is 1.66. The van der Waals surface area contributed by atoms with Crippen molar-refractivity contribution in [3.63, 3.8) is 0 Å². The lowest BCUT2D eigenvalue weighted by atomic mass is 10.1. The van der Waals surface area contributed by atoms with E-state index in [4.69, 9.17) is 4.99 Å². The minimum Gasteiger partial charge on any atom is -0.312 e. The lowest BCUT2D eigenvalue weighted by molar-refractivity contribution is 0.574. The summed E-state index contributed by atoms with van der Waals surface area (Å²) in [6.07, 6.45) is 0.534. The molecule has 0 saturated heterocycles. The van der Waals surface area contributed by atoms with Crippen molar-refractivity contribution in [1.82, 2.24) is 9.55 Å². The van der Waals surface area contributed by atoms with Crippen molar-refractivity contribution in [3.05, 3.63) is 87.8 Å². The summed E-state index contributed by atoms with van der Waals surface area (Å²) < 4.78 is 1.62. The van der Waals surface area contributed by atoms with E-state index in [1.165, 1.54) is 5.56 Å². The predicted molar refractivity (Wildman–Crippen MR) is 106 cm³/mol. The zero-order valence-corrected chi connectivity index (χ0v) is 15.0. The molecular weight excluding hydrogens is 338 g/mol. The van der Waals surface area contributed by atoms with E-state index in [1.807, 2.05) is 43.3 Å². The molecule has 2 aliphatic rings. The van der Waals surface area contributed by atoms with Gasteiger partial charge in [-0.05, 0) is 30.5 Å². The molecule has 134 valence electrons. The maximum Gasteiger partial charge on any atom is 0.257 e. The number of guanidine groups is 1. The number of hydrogen-bond donors (Lipinski definition) is 1. The molecule has 1 N–H and O–H groups in total. The second-order valence-corrected chi connectivity index (χ2v) is 6.82. The van der Waals surface area contributed by atoms with Crippen LogP contribution in [-0.4, -0.2) is 22.1 Å². The Hall–Kier alpha value is -3.41. The average Bonchev–Trinajstić information content (AvgIpc) is 3.11. The van der Waals surface area contributed by atoms with Crippen LogP contribution in [0.15, 0.2) is 70.5 Å². The summed E-state index contributed by atoms with van der Waals surface area (Å²) in [5.74, 6) is 1.26. The van der Waals surface area contributed by atoms with Gasteiger partial charge in [0.15, 0.2) is 6.17 Å². The van der Waals surface area contributed by atoms with Crippen LogP contribution in [0.25, 0.3) is 0 Å². The van der Waals surface area contributed by atoms with E-state index < -0.39 is 6.17 Å². The summed E-state index contributed by atoms with van der Waals surface area (Å²) in [6.45, 7) is 2.68. The number of aryl methyl sites for hydroxylation is 1. The van der Waals surface area contributed by atoms with Gasteiger partial charge in [-0.2, -0.15) is 0 Å². The lowest BCUT2D eigenvalue weighted by Gasteiger charge is -2.31. The number of nitrogens with one attached hydrogen (secondary N) is 1. The number of para-hydroxylation sites is 1. The molecule has 0 bridgehead atoms. The molecule has 0 radical (unpaired) electrons. The fourth-order valence-electron chi connectivity index (χ4n) is 3.78. The molecular formula is C21H19N5O. The van der Waals surface area contributed by atoms with Gasteiger partial charge in [-0.15, -0.1) is 0 Å². The standard InChI is InChI=1S/C21H19N5O/c1-14-13-18(27)26-19(16-8-3-2-4-9-16)23-20(24-21(26)22-14)25-12-11-15-7-5-6-10-17(15)25/h2-10,13,19H,11-12H2,1H3,(H,22,23,24)/t19-/m0/s1. The molecule has 6 heteroatoms. The number of fused-ring (bicyclic) bond motifs is 2. The van der Waals surface area contributed by atoms with Crippen LogP contribution in [0, 0.1) is 6.92 Å². The lowest BCUT2D eigenvalue weighted by Crippen LogP contribution is -2.43. The largest absolute Gasteiger partial charge is 0.312 e. The van der Waals surface area contributed by atoms with E-state index in [-0.39, 0.29) is 5.56 Å². The smallest absolute Gasteiger partial charge is 0.257 e. The van der Waals surface area contributed by atoms with Gasteiger partial charge in [0.05, 0.1) is 0 Å². The predicted octanol–water partition coefficient (Wildman–Crippen LogP) is 2.94. The van der Waals surface area contributed by atoms with Crippen LogP contribution in [-0.2, 0) is 6.42 Å². The fourth-order valence-corrected chi connectivity index (χ4v) is 3.78. The molecule has 1 aromatic heterocycles. The maximum absolute atomic E-state index is 12.7. The molecule has 3 heterocycles. The van der Waals surface area contributed by atoms with Gasteiger partial charge in [0, 0.05) is 24.0 Å². The third-order valence-electron chi connectivity index (χ3n) is 5.03. The second kappa shape index (κ2) is 6.09. The van der Waals surface area contributed by atoms with Crippen LogP contribution in [0.3, 0.4) is 0 Å². The molecule has 0 saturated carbocycles. The highest BCUT2D eigenvalue weighted by molar-refractivity contribution is 6.06. The van der Waals surface area contributed by atoms with E-state index in [9.17, 15) is 4.79 Å². The molecule has 0 aliphatic carbocycles. The minimum absolute atomic E-state index is 0.108. The number of aliphatic imine (C=N–C) groups is 1. The first-order chi connectivity index (χ1) is 13.2. The Bertz CT molecular complexity index is 1100. The first-order valence-electron chi connectivity index (χ1n) is 9.06. The van der Waals surface area contributed by atoms with Crippen molar-refractivity contribution < 1.29 is 0 Å². The normalized spacial score (nSPS) is 17.7. The second-order valence-electron chi connectivity index (χ2n) is 6.82. The Kier molecular flexibility index (Phi) is 3.57. The van der Waals surface area contributed by atoms with Crippen LogP contribution in [0.4, 0.5) is 11.6 Å². The average molecular weight is 357 g/mol. The van der Waals surface area contributed by atoms with Gasteiger partial charge in [-0.25, -0.2) is 9.98 Å². The molecule has 2 aromatic carbocycles. The first-order valence-corrected chi connectivity index (χ1v) is 9.06. The van der Waals surface area contributed by atoms with Crippen molar-refractivity contribution in [1.29, 1.82) is 0 Å². The topological polar surface area (TPSA) is 62.5 Å². The summed E-state index contributed by atoms with van der Waals surface area (Å²) >= 11 is 0. The van der Waals surface area contributed by atoms with Gasteiger partial charge >= 0.3 is 0 Å². The Morgan fingerprint density at radius 1 is 1.07 bits per heavy atom. The number of rotatable bonds is 1. The van der Waals surface area contributed by atoms with Gasteiger partial charge in [0.2, 0.25) is 11.9 Å². The molecule has 0 unspecified atom stereocenters. The summed E-state index contributed by atoms with van der Waals surface area (Å²) in [7, 11) is 0. The molecule has 3 aromatic rings. The first kappa shape index (κ1) is 15.8. The van der Waals surface area contributed by atoms with E-state index in [0.29, 0.717) is 11.6 Å². The van der Waals surface area contributed by atoms with Crippen LogP contribution >= 0.6 is 0 Å². The summed E-state index contributed by atoms with van der Waals surface area (Å²) in [6, 6.07) is 19.8. The zero-order chi connectivity index (χ0) is 18.4. The van der Waals surface area contributed by atoms with Crippen molar-refractivity contribution in [2.45, 2.75) is 19.5 Å². The molecule has 2 aliphatic heterocycles. The highest BCUT2D eigenvalue weighted by Gasteiger charge is 2.30. The van der Waals surface area contributed by atoms with E-state index in [0.717, 1.165) is 30.2 Å². The highest BCUT2D eigenvalue weighted by atomic mass is 16.1. The van der Waals surface area contributed by atoms with Gasteiger partial charge < -0.3 is 4.90 Å². The maximum atomic E-state index is 12.7. The van der Waals surface area contributed by atoms with Crippen molar-refractivity contribution in [2.75, 3.05) is 16.8 Å². The van der Waals surface area contributed by atoms with Crippen LogP contribution in [0.2, 0.25) is 0 Å². The fraction of sp³-hybridized carbons (Fsp3) is 0.190. The summed E-state index contributed by atoms with van der Waals surface area (Å²) in [5.41, 5.74) is 3.99. The van der Waals surface area contributed by atoms with E-state index in [2.05, 4.69) is 33.4 Å². The van der Waals surface area contributed by atoms with Crippen LogP contribution in [0.5, 0.6) is 0 Å². The molecule has 0 fully saturated rings. The number of hydrogen-bond acceptors (Lipinski definition) is 5. The quantitative estimate of drug-likeness (QED) is 0.727. The molecule has 0 spiro atoms. The highest BCUT2D eigenvalue weighted by Crippen LogP contribution is 2.31. The van der Waals surface area contributed by atoms with Crippen LogP contribution < -0.4 is 15.8 Å². The van der Waals surface area contributed by atoms with Gasteiger partial charge in [0.25, 0.3) is 5.56 Å². The van der Waals surface area contributed by atoms with Crippen molar-refractivity contribution in [3.8, 4) is 0 Å². The minimum atomic E-state index is -0.439. The molecule has 1 atom stereocenters. The van der Waals surface area contributed by atoms with Crippen LogP contribution in [0.1, 0.15) is 23.0 Å². The monoisotopic (exact) mass is 357 g/mol. The zero-order valence-electron chi connectivity index (χ0n) is 15.0. The summed E-state index contributed by atoms with van der Waals surface area (Å²) in [5, 5.41) is 3.29. The SMILES string of the molecule is Cc1cc(=O)n2c(n1)NC(N1CCc3ccccc31)=N[C@@H]2c1ccccc1. The third-order valence-corrected chi connectivity index (χ3v) is 5.03. The number of anilines is 2. The van der Waals surface area contributed by atoms with Gasteiger partial charge in [0.1, 0.15) is 0 Å². The Labute approximate surface area is 156 Å². The molecule has 5 rings (SSSR count). The van der Waals surface area contributed by atoms with Gasteiger partial charge in [-0.3, -0.25) is 14.7 Å². The van der Waals surface area contributed by atoms with Crippen molar-refractivity contribution >= 4 is 17.6 Å². The van der Waals surface area contributed by atoms with E-state index >= 15 is 0 Å². The molecule has 27 heavy (non-hydrogen) atoms. The van der Waals surface area contributed by atoms with Gasteiger partial charge in [-0.1, -0.05) is 48.5 Å². The van der Waals surface area contributed by atoms with E-state index in [1.54, 1.807) is 10.6 Å². The Morgan fingerprint density at radius 2 is 1.85 bits per heavy atom. The molecule has 0 amide bonds.